The van der Waals surface area contributed by atoms with Gasteiger partial charge in [-0.05, 0) is 31.2 Å². The van der Waals surface area contributed by atoms with Crippen LogP contribution in [0.25, 0.3) is 0 Å². The van der Waals surface area contributed by atoms with Gasteiger partial charge in [-0.25, -0.2) is 0 Å². The van der Waals surface area contributed by atoms with Gasteiger partial charge in [-0.15, -0.1) is 0 Å². The summed E-state index contributed by atoms with van der Waals surface area (Å²) in [6, 6.07) is 9.85. The molecule has 0 heterocycles. The van der Waals surface area contributed by atoms with Crippen molar-refractivity contribution in [2.45, 2.75) is 36.2 Å². The van der Waals surface area contributed by atoms with Crippen LogP contribution in [0.3, 0.4) is 0 Å². The second kappa shape index (κ2) is 6.38. The average Bonchev–Trinajstić information content (AvgIpc) is 2.38. The number of ether oxygens (including phenoxy) is 1. The Hall–Kier alpha value is -0.580. The Morgan fingerprint density at radius 1 is 1.18 bits per heavy atom. The molecule has 0 aromatic heterocycles. The van der Waals surface area contributed by atoms with Gasteiger partial charge in [0, 0.05) is 3.92 Å². The minimum absolute atomic E-state index is 0.0165. The molecule has 0 radical (unpaired) electrons. The Kier molecular flexibility index (Phi) is 4.83. The summed E-state index contributed by atoms with van der Waals surface area (Å²) in [6.07, 6.45) is 4.26. The third-order valence-corrected chi connectivity index (χ3v) is 4.46. The predicted molar refractivity (Wildman–Crippen MR) is 76.0 cm³/mol. The lowest BCUT2D eigenvalue weighted by Gasteiger charge is -2.23. The molecule has 1 fully saturated rings. The molecule has 17 heavy (non-hydrogen) atoms. The highest BCUT2D eigenvalue weighted by Gasteiger charge is 2.25. The Labute approximate surface area is 116 Å². The van der Waals surface area contributed by atoms with E-state index in [-0.39, 0.29) is 11.9 Å². The molecule has 3 heteroatoms. The Balaban J connectivity index is 1.78. The molecular formula is C14H17IO2. The standard InChI is InChI=1S/C14H17IO2/c15-13-8-6-12(7-9-13)14(16)17-10-11-4-2-1-3-5-11/h1-5,12-13H,6-10H2. The maximum Gasteiger partial charge on any atom is 0.309 e. The molecule has 0 aliphatic heterocycles. The van der Waals surface area contributed by atoms with Gasteiger partial charge in [0.05, 0.1) is 5.92 Å². The first-order valence-corrected chi connectivity index (χ1v) is 7.35. The van der Waals surface area contributed by atoms with E-state index in [1.165, 1.54) is 0 Å². The number of esters is 1. The quantitative estimate of drug-likeness (QED) is 0.475. The monoisotopic (exact) mass is 344 g/mol. The largest absolute Gasteiger partial charge is 0.461 e. The number of carbonyl (C=O) groups is 1. The van der Waals surface area contributed by atoms with E-state index in [1.54, 1.807) is 0 Å². The summed E-state index contributed by atoms with van der Waals surface area (Å²) in [5, 5.41) is 0. The number of carbonyl (C=O) groups excluding carboxylic acids is 1. The van der Waals surface area contributed by atoms with Crippen molar-refractivity contribution >= 4 is 28.6 Å². The number of halogens is 1. The molecule has 0 amide bonds. The van der Waals surface area contributed by atoms with E-state index < -0.39 is 0 Å². The maximum atomic E-state index is 11.9. The van der Waals surface area contributed by atoms with Crippen LogP contribution >= 0.6 is 22.6 Å². The van der Waals surface area contributed by atoms with Crippen LogP contribution in [0, 0.1) is 5.92 Å². The molecule has 1 aliphatic carbocycles. The summed E-state index contributed by atoms with van der Waals surface area (Å²) in [5.41, 5.74) is 1.06. The topological polar surface area (TPSA) is 26.3 Å². The van der Waals surface area contributed by atoms with Crippen molar-refractivity contribution in [2.24, 2.45) is 5.92 Å². The van der Waals surface area contributed by atoms with Gasteiger partial charge in [0.1, 0.15) is 6.61 Å². The maximum absolute atomic E-state index is 11.9. The highest BCUT2D eigenvalue weighted by Crippen LogP contribution is 2.29. The SMILES string of the molecule is O=C(OCc1ccccc1)C1CCC(I)CC1. The first kappa shape index (κ1) is 12.9. The number of benzene rings is 1. The van der Waals surface area contributed by atoms with E-state index in [0.29, 0.717) is 6.61 Å². The normalized spacial score (nSPS) is 24.3. The molecule has 92 valence electrons. The molecule has 0 saturated heterocycles. The van der Waals surface area contributed by atoms with Crippen molar-refractivity contribution in [1.29, 1.82) is 0 Å². The van der Waals surface area contributed by atoms with Crippen LogP contribution in [-0.4, -0.2) is 9.89 Å². The molecule has 0 spiro atoms. The first-order valence-electron chi connectivity index (χ1n) is 6.10. The summed E-state index contributed by atoms with van der Waals surface area (Å²) in [4.78, 5) is 11.9. The number of hydrogen-bond donors (Lipinski definition) is 0. The van der Waals surface area contributed by atoms with E-state index in [0.717, 1.165) is 35.2 Å². The van der Waals surface area contributed by atoms with Gasteiger partial charge >= 0.3 is 5.97 Å². The fraction of sp³-hybridized carbons (Fsp3) is 0.500. The summed E-state index contributed by atoms with van der Waals surface area (Å²) in [6.45, 7) is 0.407. The number of alkyl halides is 1. The predicted octanol–water partition coefficient (Wildman–Crippen LogP) is 3.72. The van der Waals surface area contributed by atoms with Crippen LogP contribution in [-0.2, 0) is 16.1 Å². The van der Waals surface area contributed by atoms with Crippen molar-refractivity contribution in [1.82, 2.24) is 0 Å². The molecule has 2 rings (SSSR count). The zero-order chi connectivity index (χ0) is 12.1. The van der Waals surface area contributed by atoms with Crippen LogP contribution < -0.4 is 0 Å². The van der Waals surface area contributed by atoms with Gasteiger partial charge in [-0.2, -0.15) is 0 Å². The van der Waals surface area contributed by atoms with E-state index in [9.17, 15) is 4.79 Å². The van der Waals surface area contributed by atoms with Gasteiger partial charge in [0.2, 0.25) is 0 Å². The third-order valence-electron chi connectivity index (χ3n) is 3.21. The second-order valence-corrected chi connectivity index (χ2v) is 6.30. The fourth-order valence-corrected chi connectivity index (χ4v) is 2.85. The number of hydrogen-bond acceptors (Lipinski definition) is 2. The van der Waals surface area contributed by atoms with E-state index in [4.69, 9.17) is 4.74 Å². The average molecular weight is 344 g/mol. The zero-order valence-corrected chi connectivity index (χ0v) is 11.9. The van der Waals surface area contributed by atoms with Gasteiger partial charge in [-0.1, -0.05) is 52.9 Å². The lowest BCUT2D eigenvalue weighted by atomic mass is 9.89. The molecule has 1 saturated carbocycles. The summed E-state index contributed by atoms with van der Waals surface area (Å²) < 4.78 is 6.10. The van der Waals surface area contributed by atoms with Crippen LogP contribution in [0.1, 0.15) is 31.2 Å². The van der Waals surface area contributed by atoms with Crippen LogP contribution in [0.15, 0.2) is 30.3 Å². The second-order valence-electron chi connectivity index (χ2n) is 4.54. The Morgan fingerprint density at radius 2 is 1.82 bits per heavy atom. The molecule has 0 unspecified atom stereocenters. The summed E-state index contributed by atoms with van der Waals surface area (Å²) >= 11 is 2.47. The smallest absolute Gasteiger partial charge is 0.309 e. The summed E-state index contributed by atoms with van der Waals surface area (Å²) in [5.74, 6) is 0.113. The van der Waals surface area contributed by atoms with E-state index in [1.807, 2.05) is 30.3 Å². The van der Waals surface area contributed by atoms with Crippen molar-refractivity contribution in [2.75, 3.05) is 0 Å². The zero-order valence-electron chi connectivity index (χ0n) is 9.77. The van der Waals surface area contributed by atoms with Crippen molar-refractivity contribution in [3.05, 3.63) is 35.9 Å². The molecule has 2 nitrogen and oxygen atoms in total. The highest BCUT2D eigenvalue weighted by atomic mass is 127. The molecule has 0 N–H and O–H groups in total. The Morgan fingerprint density at radius 3 is 2.47 bits per heavy atom. The molecule has 1 aromatic rings. The van der Waals surface area contributed by atoms with Crippen molar-refractivity contribution in [3.63, 3.8) is 0 Å². The van der Waals surface area contributed by atoms with Crippen LogP contribution in [0.2, 0.25) is 0 Å². The van der Waals surface area contributed by atoms with Crippen LogP contribution in [0.4, 0.5) is 0 Å². The molecule has 1 aliphatic rings. The lowest BCUT2D eigenvalue weighted by Crippen LogP contribution is -2.23. The molecule has 0 atom stereocenters. The highest BCUT2D eigenvalue weighted by molar-refractivity contribution is 14.1. The van der Waals surface area contributed by atoms with Gasteiger partial charge in [-0.3, -0.25) is 4.79 Å². The number of rotatable bonds is 3. The van der Waals surface area contributed by atoms with Gasteiger partial charge < -0.3 is 4.74 Å². The Bertz CT molecular complexity index is 356. The van der Waals surface area contributed by atoms with E-state index >= 15 is 0 Å². The van der Waals surface area contributed by atoms with Crippen molar-refractivity contribution < 1.29 is 9.53 Å². The van der Waals surface area contributed by atoms with Gasteiger partial charge in [0.15, 0.2) is 0 Å². The molecule has 0 bridgehead atoms. The fourth-order valence-electron chi connectivity index (χ4n) is 2.13. The molecular weight excluding hydrogens is 327 g/mol. The minimum atomic E-state index is -0.0165. The first-order chi connectivity index (χ1) is 8.25. The summed E-state index contributed by atoms with van der Waals surface area (Å²) in [7, 11) is 0. The van der Waals surface area contributed by atoms with Gasteiger partial charge in [0.25, 0.3) is 0 Å². The lowest BCUT2D eigenvalue weighted by molar-refractivity contribution is -0.150. The molecule has 1 aromatic carbocycles. The van der Waals surface area contributed by atoms with Crippen LogP contribution in [0.5, 0.6) is 0 Å². The minimum Gasteiger partial charge on any atom is -0.461 e. The van der Waals surface area contributed by atoms with Crippen molar-refractivity contribution in [3.8, 4) is 0 Å². The third kappa shape index (κ3) is 3.98. The van der Waals surface area contributed by atoms with E-state index in [2.05, 4.69) is 22.6 Å².